The SMILES string of the molecule is CO[C@H]1[C@H]([C@H](C)C2O[C@@]3(CC[C@@](C)([C@H]4CC[C@@](C)([C@@H]5O[C@@H]([C@H]6O[C@](C)(OC)[C@H](C)C[C@@H]6C)C[C@@H]5OC5C[C@H](OC)[C@@H](OC)[C@H](C)O5)O4)O3)C[C@H](O)[C@H]2C)O[C@](O)(CC(=O)O)[C@@H](C)[C@@H]1OC. The molecule has 3 N–H and O–H groups in total. The molecular formula is C48H82O17. The molecule has 1 spiro atoms. The fraction of sp³-hybridized carbons (Fsp3) is 0.979. The minimum atomic E-state index is -2.03. The van der Waals surface area contributed by atoms with Gasteiger partial charge in [-0.3, -0.25) is 4.79 Å². The summed E-state index contributed by atoms with van der Waals surface area (Å²) in [7, 11) is 8.11. The highest BCUT2D eigenvalue weighted by Crippen LogP contribution is 2.55. The Labute approximate surface area is 386 Å². The van der Waals surface area contributed by atoms with E-state index in [0.717, 1.165) is 6.42 Å². The van der Waals surface area contributed by atoms with Gasteiger partial charge >= 0.3 is 5.97 Å². The molecule has 24 atom stereocenters. The van der Waals surface area contributed by atoms with E-state index in [-0.39, 0.29) is 60.8 Å². The minimum Gasteiger partial charge on any atom is -0.481 e. The largest absolute Gasteiger partial charge is 0.481 e. The van der Waals surface area contributed by atoms with Crippen LogP contribution >= 0.6 is 0 Å². The second-order valence-corrected chi connectivity index (χ2v) is 21.4. The lowest BCUT2D eigenvalue weighted by atomic mass is 9.75. The summed E-state index contributed by atoms with van der Waals surface area (Å²) in [6, 6.07) is 0. The molecule has 0 aromatic rings. The van der Waals surface area contributed by atoms with Crippen LogP contribution in [0.3, 0.4) is 0 Å². The number of methoxy groups -OCH3 is 5. The molecule has 7 aliphatic rings. The van der Waals surface area contributed by atoms with Gasteiger partial charge in [0.05, 0.1) is 78.7 Å². The lowest BCUT2D eigenvalue weighted by Crippen LogP contribution is -2.65. The first kappa shape index (κ1) is 51.7. The molecule has 17 nitrogen and oxygen atoms in total. The van der Waals surface area contributed by atoms with Gasteiger partial charge < -0.3 is 76.9 Å². The second-order valence-electron chi connectivity index (χ2n) is 21.4. The Balaban J connectivity index is 1.10. The molecule has 376 valence electrons. The molecule has 7 heterocycles. The van der Waals surface area contributed by atoms with Gasteiger partial charge in [-0.05, 0) is 59.3 Å². The van der Waals surface area contributed by atoms with Crippen LogP contribution in [0.4, 0.5) is 0 Å². The third kappa shape index (κ3) is 9.71. The lowest BCUT2D eigenvalue weighted by molar-refractivity contribution is -0.365. The van der Waals surface area contributed by atoms with E-state index in [4.69, 9.17) is 61.6 Å². The summed E-state index contributed by atoms with van der Waals surface area (Å²) in [5, 5.41) is 33.1. The molecule has 7 aliphatic heterocycles. The Hall–Kier alpha value is -1.13. The van der Waals surface area contributed by atoms with Crippen molar-refractivity contribution in [3.63, 3.8) is 0 Å². The van der Waals surface area contributed by atoms with E-state index in [1.165, 1.54) is 7.11 Å². The maximum absolute atomic E-state index is 11.9. The standard InChI is InChI=1S/C48H82O17/c1-24-19-25(2)46(9,57-14)62-37(24)32-20-33(59-36-21-31(53-10)41(55-12)29(6)58-36)43(60-32)45(8)16-15-34(61-45)44(7)17-18-47(65-44)22-30(49)26(3)38(63-47)27(4)39-42(56-13)40(54-11)28(5)48(52,64-39)23-35(50)51/h24-34,36-43,49,52H,15-23H2,1-14H3,(H,50,51)/t24-,25+,26+,27+,28-,29-,30-,31-,32+,33-,34+,36?,37-,38?,39-,40-,41-,42-,43+,44-,45-,46-,47+,48+/m0/s1. The Morgan fingerprint density at radius 1 is 0.769 bits per heavy atom. The third-order valence-corrected chi connectivity index (χ3v) is 17.2. The van der Waals surface area contributed by atoms with E-state index < -0.39 is 102 Å². The van der Waals surface area contributed by atoms with Crippen molar-refractivity contribution in [1.82, 2.24) is 0 Å². The smallest absolute Gasteiger partial charge is 0.308 e. The molecule has 7 saturated heterocycles. The zero-order valence-electron chi connectivity index (χ0n) is 41.4. The first-order chi connectivity index (χ1) is 30.5. The summed E-state index contributed by atoms with van der Waals surface area (Å²) in [5.74, 6) is -6.28. The fourth-order valence-corrected chi connectivity index (χ4v) is 12.9. The zero-order valence-corrected chi connectivity index (χ0v) is 41.4. The lowest BCUT2D eigenvalue weighted by Gasteiger charge is -2.53. The summed E-state index contributed by atoms with van der Waals surface area (Å²) >= 11 is 0. The van der Waals surface area contributed by atoms with E-state index >= 15 is 0 Å². The van der Waals surface area contributed by atoms with Crippen LogP contribution < -0.4 is 0 Å². The maximum Gasteiger partial charge on any atom is 0.308 e. The van der Waals surface area contributed by atoms with E-state index in [9.17, 15) is 20.1 Å². The molecule has 2 unspecified atom stereocenters. The number of aliphatic carboxylic acids is 1. The van der Waals surface area contributed by atoms with Crippen molar-refractivity contribution in [3.05, 3.63) is 0 Å². The molecular weight excluding hydrogens is 849 g/mol. The monoisotopic (exact) mass is 931 g/mol. The number of hydrogen-bond donors (Lipinski definition) is 3. The first-order valence-corrected chi connectivity index (χ1v) is 24.2. The number of rotatable bonds is 14. The van der Waals surface area contributed by atoms with Crippen LogP contribution in [0.25, 0.3) is 0 Å². The molecule has 0 amide bonds. The Morgan fingerprint density at radius 2 is 1.46 bits per heavy atom. The first-order valence-electron chi connectivity index (χ1n) is 24.2. The number of ether oxygens (including phenoxy) is 13. The van der Waals surface area contributed by atoms with Crippen LogP contribution in [-0.2, 0) is 66.4 Å². The van der Waals surface area contributed by atoms with Crippen LogP contribution in [0, 0.1) is 29.6 Å². The Kier molecular flexibility index (Phi) is 15.6. The average Bonchev–Trinajstić information content (AvgIpc) is 3.96. The fourth-order valence-electron chi connectivity index (χ4n) is 12.9. The Bertz CT molecular complexity index is 1620. The summed E-state index contributed by atoms with van der Waals surface area (Å²) in [5.41, 5.74) is -1.55. The number of aliphatic hydroxyl groups is 2. The summed E-state index contributed by atoms with van der Waals surface area (Å²) in [4.78, 5) is 11.9. The van der Waals surface area contributed by atoms with Crippen LogP contribution in [0.1, 0.15) is 120 Å². The van der Waals surface area contributed by atoms with Gasteiger partial charge in [-0.25, -0.2) is 0 Å². The molecule has 17 heteroatoms. The molecule has 65 heavy (non-hydrogen) atoms. The van der Waals surface area contributed by atoms with Crippen LogP contribution in [0.5, 0.6) is 0 Å². The highest BCUT2D eigenvalue weighted by molar-refractivity contribution is 5.68. The highest BCUT2D eigenvalue weighted by Gasteiger charge is 2.64. The van der Waals surface area contributed by atoms with Gasteiger partial charge in [-0.1, -0.05) is 34.6 Å². The predicted octanol–water partition coefficient (Wildman–Crippen LogP) is 4.97. The van der Waals surface area contributed by atoms with Gasteiger partial charge in [0.1, 0.15) is 18.3 Å². The van der Waals surface area contributed by atoms with Crippen LogP contribution in [0.15, 0.2) is 0 Å². The molecule has 0 bridgehead atoms. The normalized spacial score (nSPS) is 53.4. The minimum absolute atomic E-state index is 0.196. The number of carbonyl (C=O) groups is 1. The second kappa shape index (κ2) is 19.6. The van der Waals surface area contributed by atoms with Gasteiger partial charge in [-0.2, -0.15) is 0 Å². The van der Waals surface area contributed by atoms with Crippen LogP contribution in [-0.4, -0.2) is 171 Å². The topological polar surface area (TPSA) is 198 Å². The van der Waals surface area contributed by atoms with Gasteiger partial charge in [0.2, 0.25) is 0 Å². The number of aliphatic hydroxyl groups excluding tert-OH is 1. The Morgan fingerprint density at radius 3 is 2.09 bits per heavy atom. The number of carboxylic acids is 1. The quantitative estimate of drug-likeness (QED) is 0.211. The van der Waals surface area contributed by atoms with Gasteiger partial charge in [0.25, 0.3) is 0 Å². The van der Waals surface area contributed by atoms with Crippen molar-refractivity contribution < 1.29 is 81.7 Å². The molecule has 0 saturated carbocycles. The highest BCUT2D eigenvalue weighted by atomic mass is 16.7. The average molecular weight is 931 g/mol. The summed E-state index contributed by atoms with van der Waals surface area (Å²) in [6.45, 7) is 18.1. The summed E-state index contributed by atoms with van der Waals surface area (Å²) in [6.07, 6.45) is -2.46. The molecule has 0 aliphatic carbocycles. The molecule has 0 aromatic carbocycles. The van der Waals surface area contributed by atoms with E-state index in [2.05, 4.69) is 27.7 Å². The zero-order chi connectivity index (χ0) is 47.6. The van der Waals surface area contributed by atoms with Crippen molar-refractivity contribution in [3.8, 4) is 0 Å². The molecule has 0 radical (unpaired) electrons. The van der Waals surface area contributed by atoms with Gasteiger partial charge in [0, 0.05) is 84.9 Å². The molecule has 7 rings (SSSR count). The van der Waals surface area contributed by atoms with Crippen molar-refractivity contribution >= 4 is 5.97 Å². The van der Waals surface area contributed by atoms with Gasteiger partial charge in [-0.15, -0.1) is 0 Å². The molecule has 7 fully saturated rings. The summed E-state index contributed by atoms with van der Waals surface area (Å²) < 4.78 is 84.3. The van der Waals surface area contributed by atoms with Crippen molar-refractivity contribution in [1.29, 1.82) is 0 Å². The van der Waals surface area contributed by atoms with E-state index in [1.54, 1.807) is 35.4 Å². The van der Waals surface area contributed by atoms with E-state index in [1.807, 2.05) is 27.7 Å². The number of carboxylic acid groups (broad SMARTS) is 1. The van der Waals surface area contributed by atoms with Crippen molar-refractivity contribution in [2.75, 3.05) is 35.5 Å². The van der Waals surface area contributed by atoms with Crippen LogP contribution in [0.2, 0.25) is 0 Å². The third-order valence-electron chi connectivity index (χ3n) is 17.2. The maximum atomic E-state index is 11.9. The van der Waals surface area contributed by atoms with Gasteiger partial charge in [0.15, 0.2) is 23.7 Å². The van der Waals surface area contributed by atoms with Crippen molar-refractivity contribution in [2.24, 2.45) is 29.6 Å². The van der Waals surface area contributed by atoms with Crippen molar-refractivity contribution in [2.45, 2.75) is 234 Å². The molecule has 0 aromatic heterocycles. The number of hydrogen-bond acceptors (Lipinski definition) is 16. The van der Waals surface area contributed by atoms with E-state index in [0.29, 0.717) is 38.5 Å². The predicted molar refractivity (Wildman–Crippen MR) is 233 cm³/mol.